The molecular weight excluding hydrogens is 348 g/mol. The van der Waals surface area contributed by atoms with Gasteiger partial charge in [-0.3, -0.25) is 14.7 Å². The zero-order chi connectivity index (χ0) is 18.5. The summed E-state index contributed by atoms with van der Waals surface area (Å²) in [6.07, 6.45) is 7.84. The first-order valence-electron chi connectivity index (χ1n) is 8.86. The zero-order valence-electron chi connectivity index (χ0n) is 15.1. The number of aromatic nitrogens is 2. The molecule has 2 aromatic rings. The van der Waals surface area contributed by atoms with Crippen molar-refractivity contribution < 1.29 is 9.59 Å². The Hall–Kier alpha value is -2.28. The largest absolute Gasteiger partial charge is 0.335 e. The van der Waals surface area contributed by atoms with E-state index in [9.17, 15) is 9.59 Å². The van der Waals surface area contributed by atoms with E-state index < -0.39 is 6.03 Å². The van der Waals surface area contributed by atoms with E-state index >= 15 is 0 Å². The third-order valence-corrected chi connectivity index (χ3v) is 5.33. The molecule has 0 unspecified atom stereocenters. The van der Waals surface area contributed by atoms with Gasteiger partial charge in [0.15, 0.2) is 5.16 Å². The number of aryl methyl sites for hydroxylation is 2. The summed E-state index contributed by atoms with van der Waals surface area (Å²) in [6, 6.07) is 6.06. The van der Waals surface area contributed by atoms with Gasteiger partial charge in [-0.15, -0.1) is 0 Å². The first-order chi connectivity index (χ1) is 12.5. The maximum absolute atomic E-state index is 12.0. The van der Waals surface area contributed by atoms with Crippen LogP contribution in [-0.2, 0) is 4.79 Å². The number of nitrogens with one attached hydrogen (secondary N) is 2. The standard InChI is InChI=1S/C19H24N4O2S/c1-13-9-14(2)11-16(10-13)23-8-7-20-19(23)26-12-17(24)22-18(25)21-15-5-3-4-6-15/h7-11,15H,3-6,12H2,1-2H3,(H2,21,22,24,25). The van der Waals surface area contributed by atoms with Gasteiger partial charge in [0.05, 0.1) is 5.75 Å². The predicted octanol–water partition coefficient (Wildman–Crippen LogP) is 3.35. The highest BCUT2D eigenvalue weighted by Crippen LogP contribution is 2.22. The number of hydrogen-bond donors (Lipinski definition) is 2. The minimum Gasteiger partial charge on any atom is -0.335 e. The van der Waals surface area contributed by atoms with Gasteiger partial charge in [0.25, 0.3) is 0 Å². The molecule has 0 aliphatic heterocycles. The molecule has 0 spiro atoms. The zero-order valence-corrected chi connectivity index (χ0v) is 15.9. The van der Waals surface area contributed by atoms with Crippen LogP contribution < -0.4 is 10.6 Å². The number of amides is 3. The first kappa shape index (κ1) is 18.5. The van der Waals surface area contributed by atoms with Crippen LogP contribution in [0.15, 0.2) is 35.7 Å². The molecule has 26 heavy (non-hydrogen) atoms. The molecule has 0 radical (unpaired) electrons. The van der Waals surface area contributed by atoms with Crippen LogP contribution in [0.25, 0.3) is 5.69 Å². The van der Waals surface area contributed by atoms with E-state index in [-0.39, 0.29) is 17.7 Å². The molecule has 0 atom stereocenters. The van der Waals surface area contributed by atoms with Crippen LogP contribution in [0.3, 0.4) is 0 Å². The molecule has 1 aliphatic carbocycles. The minimum atomic E-state index is -0.403. The van der Waals surface area contributed by atoms with E-state index in [1.807, 2.05) is 10.8 Å². The fourth-order valence-electron chi connectivity index (χ4n) is 3.27. The molecule has 3 amide bonds. The van der Waals surface area contributed by atoms with Crippen molar-refractivity contribution in [2.45, 2.75) is 50.7 Å². The summed E-state index contributed by atoms with van der Waals surface area (Å²) in [7, 11) is 0. The van der Waals surface area contributed by atoms with Crippen LogP contribution in [0.4, 0.5) is 4.79 Å². The lowest BCUT2D eigenvalue weighted by Crippen LogP contribution is -2.44. The molecule has 1 saturated carbocycles. The second-order valence-corrected chi connectivity index (χ2v) is 7.66. The van der Waals surface area contributed by atoms with Gasteiger partial charge in [-0.05, 0) is 49.9 Å². The Morgan fingerprint density at radius 3 is 2.58 bits per heavy atom. The molecule has 7 heteroatoms. The van der Waals surface area contributed by atoms with Crippen LogP contribution in [-0.4, -0.2) is 33.3 Å². The second kappa shape index (κ2) is 8.40. The van der Waals surface area contributed by atoms with E-state index in [4.69, 9.17) is 0 Å². The molecule has 1 aromatic heterocycles. The van der Waals surface area contributed by atoms with Crippen molar-refractivity contribution in [1.29, 1.82) is 0 Å². The topological polar surface area (TPSA) is 76.0 Å². The quantitative estimate of drug-likeness (QED) is 0.789. The average molecular weight is 372 g/mol. The number of imide groups is 1. The summed E-state index contributed by atoms with van der Waals surface area (Å²) >= 11 is 1.31. The first-order valence-corrected chi connectivity index (χ1v) is 9.85. The number of urea groups is 1. The summed E-state index contributed by atoms with van der Waals surface area (Å²) < 4.78 is 1.95. The van der Waals surface area contributed by atoms with Gasteiger partial charge in [0.2, 0.25) is 5.91 Å². The summed E-state index contributed by atoms with van der Waals surface area (Å²) in [6.45, 7) is 4.10. The van der Waals surface area contributed by atoms with E-state index in [1.165, 1.54) is 22.9 Å². The molecule has 1 fully saturated rings. The lowest BCUT2D eigenvalue weighted by Gasteiger charge is -2.12. The number of nitrogens with zero attached hydrogens (tertiary/aromatic N) is 2. The van der Waals surface area contributed by atoms with Crippen LogP contribution in [0.1, 0.15) is 36.8 Å². The molecule has 138 valence electrons. The molecular formula is C19H24N4O2S. The molecule has 0 bridgehead atoms. The Bertz CT molecular complexity index is 776. The Balaban J connectivity index is 1.55. The van der Waals surface area contributed by atoms with Crippen molar-refractivity contribution >= 4 is 23.7 Å². The number of hydrogen-bond acceptors (Lipinski definition) is 4. The molecule has 6 nitrogen and oxygen atoms in total. The van der Waals surface area contributed by atoms with Gasteiger partial charge in [0.1, 0.15) is 0 Å². The lowest BCUT2D eigenvalue weighted by atomic mass is 10.1. The number of carbonyl (C=O) groups is 2. The van der Waals surface area contributed by atoms with Gasteiger partial charge >= 0.3 is 6.03 Å². The fraction of sp³-hybridized carbons (Fsp3) is 0.421. The van der Waals surface area contributed by atoms with Crippen molar-refractivity contribution in [2.24, 2.45) is 0 Å². The third-order valence-electron chi connectivity index (χ3n) is 4.37. The van der Waals surface area contributed by atoms with Crippen molar-refractivity contribution in [2.75, 3.05) is 5.75 Å². The molecule has 1 aromatic carbocycles. The summed E-state index contributed by atoms with van der Waals surface area (Å²) in [4.78, 5) is 28.2. The van der Waals surface area contributed by atoms with Crippen LogP contribution in [0, 0.1) is 13.8 Å². The number of carbonyl (C=O) groups excluding carboxylic acids is 2. The van der Waals surface area contributed by atoms with E-state index in [0.717, 1.165) is 36.5 Å². The Morgan fingerprint density at radius 2 is 1.88 bits per heavy atom. The summed E-state index contributed by atoms with van der Waals surface area (Å²) in [5.74, 6) is -0.180. The molecule has 2 N–H and O–H groups in total. The Kier molecular flexibility index (Phi) is 5.98. The monoisotopic (exact) mass is 372 g/mol. The lowest BCUT2D eigenvalue weighted by molar-refractivity contribution is -0.117. The van der Waals surface area contributed by atoms with Crippen molar-refractivity contribution in [1.82, 2.24) is 20.2 Å². The average Bonchev–Trinajstić information content (AvgIpc) is 3.23. The maximum Gasteiger partial charge on any atom is 0.321 e. The number of rotatable bonds is 5. The van der Waals surface area contributed by atoms with Gasteiger partial charge in [0, 0.05) is 24.1 Å². The van der Waals surface area contributed by atoms with Gasteiger partial charge in [-0.25, -0.2) is 9.78 Å². The number of benzene rings is 1. The molecule has 3 rings (SSSR count). The van der Waals surface area contributed by atoms with E-state index in [2.05, 4.69) is 47.7 Å². The SMILES string of the molecule is Cc1cc(C)cc(-n2ccnc2SCC(=O)NC(=O)NC2CCCC2)c1. The second-order valence-electron chi connectivity index (χ2n) is 6.72. The smallest absolute Gasteiger partial charge is 0.321 e. The normalized spacial score (nSPS) is 14.4. The van der Waals surface area contributed by atoms with Gasteiger partial charge < -0.3 is 5.32 Å². The van der Waals surface area contributed by atoms with E-state index in [1.54, 1.807) is 6.20 Å². The van der Waals surface area contributed by atoms with E-state index in [0.29, 0.717) is 0 Å². The molecule has 0 saturated heterocycles. The Labute approximate surface area is 157 Å². The number of imidazole rings is 1. The van der Waals surface area contributed by atoms with Crippen LogP contribution in [0.2, 0.25) is 0 Å². The van der Waals surface area contributed by atoms with Gasteiger partial charge in [-0.1, -0.05) is 30.7 Å². The van der Waals surface area contributed by atoms with Crippen molar-refractivity contribution in [3.05, 3.63) is 41.7 Å². The summed E-state index contributed by atoms with van der Waals surface area (Å²) in [5, 5.41) is 5.97. The van der Waals surface area contributed by atoms with Crippen molar-refractivity contribution in [3.8, 4) is 5.69 Å². The van der Waals surface area contributed by atoms with Gasteiger partial charge in [-0.2, -0.15) is 0 Å². The minimum absolute atomic E-state index is 0.139. The molecule has 1 heterocycles. The Morgan fingerprint density at radius 1 is 1.19 bits per heavy atom. The van der Waals surface area contributed by atoms with Crippen molar-refractivity contribution in [3.63, 3.8) is 0 Å². The highest BCUT2D eigenvalue weighted by molar-refractivity contribution is 7.99. The van der Waals surface area contributed by atoms with Crippen LogP contribution in [0.5, 0.6) is 0 Å². The predicted molar refractivity (Wildman–Crippen MR) is 103 cm³/mol. The number of thioether (sulfide) groups is 1. The van der Waals surface area contributed by atoms with Crippen LogP contribution >= 0.6 is 11.8 Å². The highest BCUT2D eigenvalue weighted by atomic mass is 32.2. The molecule has 1 aliphatic rings. The fourth-order valence-corrected chi connectivity index (χ4v) is 4.04. The summed E-state index contributed by atoms with van der Waals surface area (Å²) in [5.41, 5.74) is 3.36. The maximum atomic E-state index is 12.0. The highest BCUT2D eigenvalue weighted by Gasteiger charge is 2.18. The third kappa shape index (κ3) is 4.88.